The van der Waals surface area contributed by atoms with E-state index in [-0.39, 0.29) is 51.1 Å². The summed E-state index contributed by atoms with van der Waals surface area (Å²) in [6.07, 6.45) is 0.577. The van der Waals surface area contributed by atoms with E-state index in [1.54, 1.807) is 6.92 Å². The highest BCUT2D eigenvalue weighted by atomic mass is 35.5. The van der Waals surface area contributed by atoms with Gasteiger partial charge in [0.2, 0.25) is 0 Å². The van der Waals surface area contributed by atoms with Gasteiger partial charge in [-0.3, -0.25) is 14.9 Å². The third kappa shape index (κ3) is 6.19. The maximum absolute atomic E-state index is 14.8. The van der Waals surface area contributed by atoms with Crippen LogP contribution in [0.15, 0.2) is 88.7 Å². The van der Waals surface area contributed by atoms with Crippen LogP contribution >= 0.6 is 11.6 Å². The second-order valence-electron chi connectivity index (χ2n) is 9.43. The molecule has 3 N–H and O–H groups in total. The molecule has 0 fully saturated rings. The summed E-state index contributed by atoms with van der Waals surface area (Å²) in [6.45, 7) is 1.36. The van der Waals surface area contributed by atoms with E-state index in [1.807, 2.05) is 4.72 Å². The average molecular weight is 641 g/mol. The fourth-order valence-electron chi connectivity index (χ4n) is 4.69. The van der Waals surface area contributed by atoms with Gasteiger partial charge in [-0.05, 0) is 61.5 Å². The third-order valence-corrected chi connectivity index (χ3v) is 8.13. The van der Waals surface area contributed by atoms with E-state index >= 15 is 0 Å². The predicted molar refractivity (Wildman–Crippen MR) is 160 cm³/mol. The molecule has 0 atom stereocenters. The normalized spacial score (nSPS) is 11.4. The number of aromatic amines is 1. The quantitative estimate of drug-likeness (QED) is 0.200. The Kier molecular flexibility index (Phi) is 8.52. The first-order chi connectivity index (χ1) is 21.0. The van der Waals surface area contributed by atoms with Crippen LogP contribution in [-0.2, 0) is 21.3 Å². The van der Waals surface area contributed by atoms with Crippen molar-refractivity contribution in [2.45, 2.75) is 18.4 Å². The van der Waals surface area contributed by atoms with Gasteiger partial charge in [0.05, 0.1) is 18.0 Å². The minimum Gasteiger partial charge on any atom is -0.450 e. The van der Waals surface area contributed by atoms with Crippen molar-refractivity contribution in [2.24, 2.45) is 0 Å². The molecule has 0 radical (unpaired) electrons. The van der Waals surface area contributed by atoms with Crippen LogP contribution in [0.2, 0.25) is 5.02 Å². The van der Waals surface area contributed by atoms with Gasteiger partial charge in [-0.25, -0.2) is 26.7 Å². The van der Waals surface area contributed by atoms with Crippen LogP contribution < -0.4 is 15.6 Å². The zero-order chi connectivity index (χ0) is 31.6. The summed E-state index contributed by atoms with van der Waals surface area (Å²) in [4.78, 5) is 41.0. The number of carbonyl (C=O) groups excluding carboxylic acids is 2. The summed E-state index contributed by atoms with van der Waals surface area (Å²) in [6, 6.07) is 15.5. The van der Waals surface area contributed by atoms with E-state index in [4.69, 9.17) is 16.3 Å². The summed E-state index contributed by atoms with van der Waals surface area (Å²) < 4.78 is 63.6. The lowest BCUT2D eigenvalue weighted by Crippen LogP contribution is -2.33. The van der Waals surface area contributed by atoms with Crippen molar-refractivity contribution in [3.63, 3.8) is 0 Å². The van der Waals surface area contributed by atoms with Crippen molar-refractivity contribution in [3.05, 3.63) is 117 Å². The number of nitrogens with one attached hydrogen (secondary N) is 3. The van der Waals surface area contributed by atoms with Gasteiger partial charge in [0.15, 0.2) is 0 Å². The zero-order valence-corrected chi connectivity index (χ0v) is 24.4. The second-order valence-corrected chi connectivity index (χ2v) is 11.5. The Hall–Kier alpha value is -5.01. The largest absolute Gasteiger partial charge is 0.450 e. The Bertz CT molecular complexity index is 2100. The van der Waals surface area contributed by atoms with Crippen LogP contribution in [0.25, 0.3) is 22.0 Å². The fraction of sp³-hybridized carbons (Fsp3) is 0.100. The smallest absolute Gasteiger partial charge is 0.411 e. The van der Waals surface area contributed by atoms with Crippen LogP contribution in [0.5, 0.6) is 0 Å². The molecule has 0 saturated carbocycles. The maximum atomic E-state index is 14.8. The van der Waals surface area contributed by atoms with Crippen LogP contribution in [0, 0.1) is 11.6 Å². The average Bonchev–Trinajstić information content (AvgIpc) is 3.27. The Morgan fingerprint density at radius 2 is 1.82 bits per heavy atom. The number of fused-ring (bicyclic) bond motifs is 1. The number of H-pyrrole nitrogens is 1. The summed E-state index contributed by atoms with van der Waals surface area (Å²) in [5, 5.41) is 2.95. The number of amides is 2. The number of pyridine rings is 1. The van der Waals surface area contributed by atoms with E-state index < -0.39 is 39.2 Å². The van der Waals surface area contributed by atoms with Crippen molar-refractivity contribution in [1.82, 2.24) is 14.3 Å². The predicted octanol–water partition coefficient (Wildman–Crippen LogP) is 5.66. The van der Waals surface area contributed by atoms with E-state index in [0.29, 0.717) is 17.0 Å². The number of carbonyl (C=O) groups is 2. The van der Waals surface area contributed by atoms with Crippen molar-refractivity contribution >= 4 is 50.2 Å². The van der Waals surface area contributed by atoms with Crippen LogP contribution in [-0.4, -0.2) is 36.6 Å². The first-order valence-electron chi connectivity index (χ1n) is 13.0. The zero-order valence-electron chi connectivity index (χ0n) is 22.9. The molecule has 0 aliphatic heterocycles. The van der Waals surface area contributed by atoms with E-state index in [1.165, 1.54) is 65.4 Å². The molecule has 0 bridgehead atoms. The maximum Gasteiger partial charge on any atom is 0.411 e. The highest BCUT2D eigenvalue weighted by Gasteiger charge is 2.29. The first-order valence-corrected chi connectivity index (χ1v) is 14.9. The number of hydrogen-bond acceptors (Lipinski definition) is 6. The first kappa shape index (κ1) is 30.4. The van der Waals surface area contributed by atoms with Gasteiger partial charge in [-0.2, -0.15) is 0 Å². The molecule has 0 unspecified atom stereocenters. The molecule has 5 rings (SSSR count). The van der Waals surface area contributed by atoms with E-state index in [9.17, 15) is 31.6 Å². The van der Waals surface area contributed by atoms with Crippen LogP contribution in [0.3, 0.4) is 0 Å². The van der Waals surface area contributed by atoms with Gasteiger partial charge in [0, 0.05) is 50.6 Å². The molecule has 10 nitrogen and oxygen atoms in total. The summed E-state index contributed by atoms with van der Waals surface area (Å²) >= 11 is 6.29. The Labute approximate surface area is 254 Å². The molecule has 5 aromatic rings. The summed E-state index contributed by atoms with van der Waals surface area (Å²) in [5.41, 5.74) is -0.438. The van der Waals surface area contributed by atoms with Gasteiger partial charge < -0.3 is 14.3 Å². The van der Waals surface area contributed by atoms with Crippen molar-refractivity contribution < 1.29 is 31.5 Å². The lowest BCUT2D eigenvalue weighted by Gasteiger charge is -2.14. The Morgan fingerprint density at radius 1 is 1.02 bits per heavy atom. The van der Waals surface area contributed by atoms with Crippen molar-refractivity contribution in [1.29, 1.82) is 0 Å². The Morgan fingerprint density at radius 3 is 2.55 bits per heavy atom. The third-order valence-electron chi connectivity index (χ3n) is 6.56. The molecular formula is C30H23ClF2N4O6S. The second kappa shape index (κ2) is 12.3. The molecule has 2 amide bonds. The molecule has 44 heavy (non-hydrogen) atoms. The van der Waals surface area contributed by atoms with Gasteiger partial charge in [0.1, 0.15) is 17.3 Å². The monoisotopic (exact) mass is 640 g/mol. The number of rotatable bonds is 8. The van der Waals surface area contributed by atoms with Gasteiger partial charge in [-0.15, -0.1) is 0 Å². The molecule has 0 aliphatic carbocycles. The lowest BCUT2D eigenvalue weighted by molar-refractivity contribution is 0.0973. The number of benzene rings is 3. The summed E-state index contributed by atoms with van der Waals surface area (Å²) in [5.74, 6) is -2.86. The summed E-state index contributed by atoms with van der Waals surface area (Å²) in [7, 11) is -4.58. The van der Waals surface area contributed by atoms with Crippen LogP contribution in [0.1, 0.15) is 23.0 Å². The van der Waals surface area contributed by atoms with Gasteiger partial charge >= 0.3 is 6.09 Å². The molecule has 0 spiro atoms. The molecule has 14 heteroatoms. The number of aromatic nitrogens is 2. The lowest BCUT2D eigenvalue weighted by atomic mass is 10.0. The molecule has 0 aliphatic rings. The van der Waals surface area contributed by atoms with Gasteiger partial charge in [-0.1, -0.05) is 23.7 Å². The number of sulfonamides is 1. The van der Waals surface area contributed by atoms with E-state index in [2.05, 4.69) is 10.3 Å². The Balaban J connectivity index is 1.67. The number of anilines is 1. The molecule has 2 aromatic heterocycles. The standard InChI is InChI=1S/C30H23ClF2N4O6S/c1-2-43-30(40)35-20-5-3-6-21(15-20)44(41,42)36-29(39)27-26(22-7-4-12-34-28(22)38)23-13-18(31)9-11-25(23)37(27)16-17-8-10-19(32)14-24(17)33/h3-15H,2,16H2,1H3,(H,34,38)(H,35,40)(H,36,39). The number of ether oxygens (including phenoxy) is 1. The minimum atomic E-state index is -4.58. The van der Waals surface area contributed by atoms with Crippen LogP contribution in [0.4, 0.5) is 19.3 Å². The van der Waals surface area contributed by atoms with Crippen molar-refractivity contribution in [2.75, 3.05) is 11.9 Å². The molecule has 226 valence electrons. The SMILES string of the molecule is CCOC(=O)Nc1cccc(S(=O)(=O)NC(=O)c2c(-c3ccc[nH]c3=O)c3cc(Cl)ccc3n2Cc2ccc(F)cc2F)c1. The molecule has 0 saturated heterocycles. The fourth-order valence-corrected chi connectivity index (χ4v) is 5.86. The highest BCUT2D eigenvalue weighted by molar-refractivity contribution is 7.90. The highest BCUT2D eigenvalue weighted by Crippen LogP contribution is 2.36. The minimum absolute atomic E-state index is 0.0126. The molecular weight excluding hydrogens is 618 g/mol. The molecule has 3 aromatic carbocycles. The number of hydrogen-bond donors (Lipinski definition) is 3. The van der Waals surface area contributed by atoms with Crippen molar-refractivity contribution in [3.8, 4) is 11.1 Å². The van der Waals surface area contributed by atoms with Gasteiger partial charge in [0.25, 0.3) is 21.5 Å². The topological polar surface area (TPSA) is 139 Å². The number of halogens is 3. The van der Waals surface area contributed by atoms with E-state index in [0.717, 1.165) is 12.1 Å². The number of nitrogens with zero attached hydrogens (tertiary/aromatic N) is 1. The molecule has 2 heterocycles.